The van der Waals surface area contributed by atoms with Gasteiger partial charge in [-0.05, 0) is 36.8 Å². The second kappa shape index (κ2) is 8.88. The van der Waals surface area contributed by atoms with Crippen LogP contribution in [0.1, 0.15) is 15.9 Å². The molecular formula is C19H19N3O3S2. The fourth-order valence-corrected chi connectivity index (χ4v) is 4.03. The summed E-state index contributed by atoms with van der Waals surface area (Å²) in [5.74, 6) is 1.33. The van der Waals surface area contributed by atoms with E-state index in [1.807, 2.05) is 31.2 Å². The van der Waals surface area contributed by atoms with Crippen molar-refractivity contribution in [3.05, 3.63) is 53.6 Å². The Morgan fingerprint density at radius 3 is 2.70 bits per heavy atom. The second-order valence-electron chi connectivity index (χ2n) is 5.59. The first kappa shape index (κ1) is 19.2. The summed E-state index contributed by atoms with van der Waals surface area (Å²) in [5.41, 5.74) is 2.61. The molecule has 27 heavy (non-hydrogen) atoms. The standard InChI is InChI=1S/C19H19N3O3S2/c1-12-6-4-5-7-15(12)20-18-21-22-19(27-18)26-11-16(23)14-10-13(24-2)8-9-17(14)25-3/h4-10H,11H2,1-3H3,(H,20,21). The third-order valence-corrected chi connectivity index (χ3v) is 5.80. The molecule has 6 nitrogen and oxygen atoms in total. The number of ether oxygens (including phenoxy) is 2. The van der Waals surface area contributed by atoms with Crippen molar-refractivity contribution in [2.75, 3.05) is 25.3 Å². The van der Waals surface area contributed by atoms with Crippen molar-refractivity contribution in [1.29, 1.82) is 0 Å². The zero-order valence-electron chi connectivity index (χ0n) is 15.2. The molecular weight excluding hydrogens is 382 g/mol. The molecule has 0 radical (unpaired) electrons. The Morgan fingerprint density at radius 1 is 1.15 bits per heavy atom. The third kappa shape index (κ3) is 4.78. The van der Waals surface area contributed by atoms with Gasteiger partial charge in [0.2, 0.25) is 5.13 Å². The zero-order chi connectivity index (χ0) is 19.2. The number of carbonyl (C=O) groups is 1. The van der Waals surface area contributed by atoms with Crippen molar-refractivity contribution in [2.45, 2.75) is 11.3 Å². The van der Waals surface area contributed by atoms with E-state index in [-0.39, 0.29) is 11.5 Å². The van der Waals surface area contributed by atoms with Crippen LogP contribution in [0, 0.1) is 6.92 Å². The molecule has 0 bridgehead atoms. The summed E-state index contributed by atoms with van der Waals surface area (Å²) in [5, 5.41) is 12.2. The van der Waals surface area contributed by atoms with E-state index >= 15 is 0 Å². The number of thioether (sulfide) groups is 1. The molecule has 0 amide bonds. The van der Waals surface area contributed by atoms with E-state index in [0.717, 1.165) is 15.6 Å². The number of hydrogen-bond donors (Lipinski definition) is 1. The molecule has 0 aliphatic carbocycles. The average molecular weight is 402 g/mol. The largest absolute Gasteiger partial charge is 0.497 e. The van der Waals surface area contributed by atoms with Crippen molar-refractivity contribution < 1.29 is 14.3 Å². The van der Waals surface area contributed by atoms with Gasteiger partial charge in [-0.15, -0.1) is 10.2 Å². The maximum atomic E-state index is 12.6. The smallest absolute Gasteiger partial charge is 0.210 e. The second-order valence-corrected chi connectivity index (χ2v) is 7.79. The number of nitrogens with one attached hydrogen (secondary N) is 1. The van der Waals surface area contributed by atoms with E-state index in [0.29, 0.717) is 22.2 Å². The van der Waals surface area contributed by atoms with Crippen molar-refractivity contribution >= 4 is 39.7 Å². The normalized spacial score (nSPS) is 10.5. The van der Waals surface area contributed by atoms with E-state index in [9.17, 15) is 4.79 Å². The van der Waals surface area contributed by atoms with Crippen LogP contribution in [-0.2, 0) is 0 Å². The number of Topliss-reactive ketones (excluding diaryl/α,β-unsaturated/α-hetero) is 1. The van der Waals surface area contributed by atoms with Crippen LogP contribution in [0.25, 0.3) is 0 Å². The topological polar surface area (TPSA) is 73.3 Å². The summed E-state index contributed by atoms with van der Waals surface area (Å²) in [4.78, 5) is 12.6. The van der Waals surface area contributed by atoms with Gasteiger partial charge in [0.05, 0.1) is 25.5 Å². The number of methoxy groups -OCH3 is 2. The van der Waals surface area contributed by atoms with Gasteiger partial charge in [-0.3, -0.25) is 4.79 Å². The Morgan fingerprint density at radius 2 is 1.96 bits per heavy atom. The Hall–Kier alpha value is -2.58. The van der Waals surface area contributed by atoms with Crippen LogP contribution in [0.3, 0.4) is 0 Å². The quantitative estimate of drug-likeness (QED) is 0.437. The number of carbonyl (C=O) groups excluding carboxylic acids is 1. The van der Waals surface area contributed by atoms with Crippen molar-refractivity contribution in [3.63, 3.8) is 0 Å². The highest BCUT2D eigenvalue weighted by Gasteiger charge is 2.15. The molecule has 0 aliphatic heterocycles. The van der Waals surface area contributed by atoms with Crippen LogP contribution in [0.15, 0.2) is 46.8 Å². The molecule has 0 unspecified atom stereocenters. The van der Waals surface area contributed by atoms with Crippen LogP contribution >= 0.6 is 23.1 Å². The predicted molar refractivity (Wildman–Crippen MR) is 109 cm³/mol. The number of aromatic nitrogens is 2. The van der Waals surface area contributed by atoms with E-state index < -0.39 is 0 Å². The SMILES string of the molecule is COc1ccc(OC)c(C(=O)CSc2nnc(Nc3ccccc3C)s2)c1. The number of ketones is 1. The number of rotatable bonds is 8. The molecule has 8 heteroatoms. The molecule has 3 aromatic rings. The van der Waals surface area contributed by atoms with Gasteiger partial charge in [-0.2, -0.15) is 0 Å². The molecule has 0 atom stereocenters. The number of para-hydroxylation sites is 1. The number of aryl methyl sites for hydroxylation is 1. The molecule has 140 valence electrons. The van der Waals surface area contributed by atoms with Gasteiger partial charge in [0.25, 0.3) is 0 Å². The minimum atomic E-state index is -0.0561. The third-order valence-electron chi connectivity index (χ3n) is 3.83. The predicted octanol–water partition coefficient (Wildman–Crippen LogP) is 4.58. The minimum Gasteiger partial charge on any atom is -0.497 e. The Kier molecular flexibility index (Phi) is 6.31. The minimum absolute atomic E-state index is 0.0561. The lowest BCUT2D eigenvalue weighted by atomic mass is 10.1. The number of nitrogens with zero attached hydrogens (tertiary/aromatic N) is 2. The fraction of sp³-hybridized carbons (Fsp3) is 0.211. The molecule has 0 spiro atoms. The molecule has 2 aromatic carbocycles. The van der Waals surface area contributed by atoms with Crippen LogP contribution in [0.2, 0.25) is 0 Å². The first-order valence-electron chi connectivity index (χ1n) is 8.15. The lowest BCUT2D eigenvalue weighted by Gasteiger charge is -2.09. The zero-order valence-corrected chi connectivity index (χ0v) is 16.8. The van der Waals surface area contributed by atoms with Gasteiger partial charge >= 0.3 is 0 Å². The van der Waals surface area contributed by atoms with Crippen LogP contribution in [0.5, 0.6) is 11.5 Å². The summed E-state index contributed by atoms with van der Waals surface area (Å²) < 4.78 is 11.2. The first-order valence-corrected chi connectivity index (χ1v) is 9.95. The summed E-state index contributed by atoms with van der Waals surface area (Å²) in [6.45, 7) is 2.03. The fourth-order valence-electron chi connectivity index (χ4n) is 2.38. The van der Waals surface area contributed by atoms with Gasteiger partial charge in [0.15, 0.2) is 10.1 Å². The van der Waals surface area contributed by atoms with E-state index in [2.05, 4.69) is 15.5 Å². The molecule has 1 N–H and O–H groups in total. The molecule has 1 heterocycles. The Balaban J connectivity index is 1.65. The van der Waals surface area contributed by atoms with E-state index in [1.165, 1.54) is 23.1 Å². The summed E-state index contributed by atoms with van der Waals surface area (Å²) in [6.07, 6.45) is 0. The van der Waals surface area contributed by atoms with Crippen LogP contribution in [-0.4, -0.2) is 36.0 Å². The van der Waals surface area contributed by atoms with Gasteiger partial charge in [-0.25, -0.2) is 0 Å². The first-order chi connectivity index (χ1) is 13.1. The Labute approximate surface area is 165 Å². The molecule has 0 saturated carbocycles. The van der Waals surface area contributed by atoms with Crippen molar-refractivity contribution in [2.24, 2.45) is 0 Å². The average Bonchev–Trinajstić information content (AvgIpc) is 3.14. The molecule has 3 rings (SSSR count). The Bertz CT molecular complexity index is 943. The number of hydrogen-bond acceptors (Lipinski definition) is 8. The highest BCUT2D eigenvalue weighted by molar-refractivity contribution is 8.01. The van der Waals surface area contributed by atoms with Crippen LogP contribution in [0.4, 0.5) is 10.8 Å². The summed E-state index contributed by atoms with van der Waals surface area (Å²) in [7, 11) is 3.11. The highest BCUT2D eigenvalue weighted by Crippen LogP contribution is 2.31. The molecule has 0 aliphatic rings. The van der Waals surface area contributed by atoms with E-state index in [4.69, 9.17) is 9.47 Å². The maximum absolute atomic E-state index is 12.6. The summed E-state index contributed by atoms with van der Waals surface area (Å²) in [6, 6.07) is 13.1. The van der Waals surface area contributed by atoms with Crippen LogP contribution < -0.4 is 14.8 Å². The maximum Gasteiger partial charge on any atom is 0.210 e. The molecule has 1 aromatic heterocycles. The van der Waals surface area contributed by atoms with Gasteiger partial charge in [-0.1, -0.05) is 41.3 Å². The van der Waals surface area contributed by atoms with Crippen molar-refractivity contribution in [3.8, 4) is 11.5 Å². The van der Waals surface area contributed by atoms with Crippen molar-refractivity contribution in [1.82, 2.24) is 10.2 Å². The van der Waals surface area contributed by atoms with Gasteiger partial charge in [0.1, 0.15) is 11.5 Å². The summed E-state index contributed by atoms with van der Waals surface area (Å²) >= 11 is 2.76. The number of anilines is 2. The molecule has 0 fully saturated rings. The van der Waals surface area contributed by atoms with Gasteiger partial charge in [0, 0.05) is 5.69 Å². The number of benzene rings is 2. The lowest BCUT2D eigenvalue weighted by Crippen LogP contribution is -2.05. The monoisotopic (exact) mass is 401 g/mol. The lowest BCUT2D eigenvalue weighted by molar-refractivity contribution is 0.101. The molecule has 0 saturated heterocycles. The highest BCUT2D eigenvalue weighted by atomic mass is 32.2. The van der Waals surface area contributed by atoms with E-state index in [1.54, 1.807) is 32.4 Å². The van der Waals surface area contributed by atoms with Gasteiger partial charge < -0.3 is 14.8 Å².